The predicted octanol–water partition coefficient (Wildman–Crippen LogP) is 4.49. The molecule has 124 valence electrons. The molecule has 0 atom stereocenters. The van der Waals surface area contributed by atoms with Crippen molar-refractivity contribution in [3.8, 4) is 5.95 Å². The van der Waals surface area contributed by atoms with Gasteiger partial charge < -0.3 is 14.5 Å². The molecule has 1 aliphatic carbocycles. The van der Waals surface area contributed by atoms with E-state index in [0.717, 1.165) is 48.4 Å². The van der Waals surface area contributed by atoms with Crippen molar-refractivity contribution in [2.75, 3.05) is 18.5 Å². The molecule has 1 N–H and O–H groups in total. The predicted molar refractivity (Wildman–Crippen MR) is 93.5 cm³/mol. The van der Waals surface area contributed by atoms with Crippen LogP contribution in [0, 0.1) is 12.8 Å². The minimum Gasteiger partial charge on any atom is -0.465 e. The molecule has 1 aromatic heterocycles. The van der Waals surface area contributed by atoms with Crippen LogP contribution in [0.1, 0.15) is 44.6 Å². The van der Waals surface area contributed by atoms with E-state index in [2.05, 4.69) is 12.2 Å². The van der Waals surface area contributed by atoms with Crippen molar-refractivity contribution in [2.24, 2.45) is 5.92 Å². The Kier molecular flexibility index (Phi) is 4.89. The summed E-state index contributed by atoms with van der Waals surface area (Å²) in [5, 5.41) is 4.92. The maximum atomic E-state index is 12.3. The SMILES string of the molecule is CCCCCOc1oc(=O)c2cc(NCC3CC3)ccc2c1C. The van der Waals surface area contributed by atoms with E-state index in [9.17, 15) is 4.79 Å². The summed E-state index contributed by atoms with van der Waals surface area (Å²) in [6.45, 7) is 5.66. The second kappa shape index (κ2) is 7.07. The van der Waals surface area contributed by atoms with Gasteiger partial charge in [-0.2, -0.15) is 0 Å². The third-order valence-electron chi connectivity index (χ3n) is 4.41. The van der Waals surface area contributed by atoms with Gasteiger partial charge in [0.25, 0.3) is 5.95 Å². The van der Waals surface area contributed by atoms with E-state index in [1.165, 1.54) is 12.8 Å². The minimum absolute atomic E-state index is 0.328. The molecule has 0 aliphatic heterocycles. The van der Waals surface area contributed by atoms with Crippen LogP contribution in [0.2, 0.25) is 0 Å². The minimum atomic E-state index is -0.328. The normalized spacial score (nSPS) is 14.2. The van der Waals surface area contributed by atoms with E-state index in [1.54, 1.807) is 0 Å². The number of hydrogen-bond donors (Lipinski definition) is 1. The quantitative estimate of drug-likeness (QED) is 0.729. The van der Waals surface area contributed by atoms with Gasteiger partial charge in [-0.1, -0.05) is 25.8 Å². The second-order valence-corrected chi connectivity index (χ2v) is 6.44. The van der Waals surface area contributed by atoms with Crippen molar-refractivity contribution in [3.05, 3.63) is 34.2 Å². The molecule has 23 heavy (non-hydrogen) atoms. The number of fused-ring (bicyclic) bond motifs is 1. The van der Waals surface area contributed by atoms with Crippen molar-refractivity contribution in [1.82, 2.24) is 0 Å². The Labute approximate surface area is 136 Å². The lowest BCUT2D eigenvalue weighted by Crippen LogP contribution is -2.08. The topological polar surface area (TPSA) is 51.5 Å². The van der Waals surface area contributed by atoms with Crippen LogP contribution in [0.5, 0.6) is 5.95 Å². The molecule has 0 spiro atoms. The van der Waals surface area contributed by atoms with Crippen LogP contribution in [0.15, 0.2) is 27.4 Å². The van der Waals surface area contributed by atoms with E-state index in [1.807, 2.05) is 25.1 Å². The first-order chi connectivity index (χ1) is 11.2. The van der Waals surface area contributed by atoms with Crippen molar-refractivity contribution < 1.29 is 9.15 Å². The lowest BCUT2D eigenvalue weighted by Gasteiger charge is -2.11. The number of rotatable bonds is 8. The second-order valence-electron chi connectivity index (χ2n) is 6.44. The molecule has 1 saturated carbocycles. The fourth-order valence-electron chi connectivity index (χ4n) is 2.71. The Bertz CT molecular complexity index is 731. The number of hydrogen-bond acceptors (Lipinski definition) is 4. The van der Waals surface area contributed by atoms with Gasteiger partial charge in [0.15, 0.2) is 0 Å². The first kappa shape index (κ1) is 15.9. The molecule has 4 nitrogen and oxygen atoms in total. The van der Waals surface area contributed by atoms with Gasteiger partial charge >= 0.3 is 5.63 Å². The van der Waals surface area contributed by atoms with E-state index in [-0.39, 0.29) is 5.63 Å². The van der Waals surface area contributed by atoms with Crippen molar-refractivity contribution in [2.45, 2.75) is 46.0 Å². The highest BCUT2D eigenvalue weighted by Crippen LogP contribution is 2.30. The van der Waals surface area contributed by atoms with Crippen LogP contribution in [0.4, 0.5) is 5.69 Å². The van der Waals surface area contributed by atoms with Gasteiger partial charge in [-0.05, 0) is 49.6 Å². The summed E-state index contributed by atoms with van der Waals surface area (Å²) in [7, 11) is 0. The lowest BCUT2D eigenvalue weighted by molar-refractivity contribution is 0.224. The molecule has 0 saturated heterocycles. The molecule has 2 aromatic rings. The molecule has 4 heteroatoms. The lowest BCUT2D eigenvalue weighted by atomic mass is 10.1. The molecule has 1 aliphatic rings. The molecule has 0 radical (unpaired) electrons. The highest BCUT2D eigenvalue weighted by Gasteiger charge is 2.20. The molecule has 3 rings (SSSR count). The molecule has 1 aromatic carbocycles. The van der Waals surface area contributed by atoms with Crippen LogP contribution in [-0.4, -0.2) is 13.2 Å². The zero-order chi connectivity index (χ0) is 16.2. The zero-order valence-corrected chi connectivity index (χ0v) is 14.0. The Hall–Kier alpha value is -1.97. The summed E-state index contributed by atoms with van der Waals surface area (Å²) in [6.07, 6.45) is 5.84. The van der Waals surface area contributed by atoms with Gasteiger partial charge in [0, 0.05) is 17.8 Å². The average Bonchev–Trinajstić information content (AvgIpc) is 3.38. The van der Waals surface area contributed by atoms with Gasteiger partial charge in [-0.3, -0.25) is 0 Å². The number of benzene rings is 1. The number of anilines is 1. The van der Waals surface area contributed by atoms with Gasteiger partial charge in [-0.15, -0.1) is 0 Å². The maximum Gasteiger partial charge on any atom is 0.346 e. The Morgan fingerprint density at radius 2 is 2.09 bits per heavy atom. The van der Waals surface area contributed by atoms with Crippen LogP contribution >= 0.6 is 0 Å². The van der Waals surface area contributed by atoms with Crippen LogP contribution < -0.4 is 15.7 Å². The van der Waals surface area contributed by atoms with Gasteiger partial charge in [0.1, 0.15) is 0 Å². The van der Waals surface area contributed by atoms with Gasteiger partial charge in [-0.25, -0.2) is 4.79 Å². The third kappa shape index (κ3) is 3.87. The van der Waals surface area contributed by atoms with Crippen LogP contribution in [0.25, 0.3) is 10.8 Å². The Morgan fingerprint density at radius 3 is 2.83 bits per heavy atom. The van der Waals surface area contributed by atoms with Crippen molar-refractivity contribution in [1.29, 1.82) is 0 Å². The largest absolute Gasteiger partial charge is 0.465 e. The third-order valence-corrected chi connectivity index (χ3v) is 4.41. The van der Waals surface area contributed by atoms with Crippen molar-refractivity contribution >= 4 is 16.5 Å². The average molecular weight is 315 g/mol. The molecular formula is C19H25NO3. The van der Waals surface area contributed by atoms with Crippen LogP contribution in [-0.2, 0) is 0 Å². The molecule has 0 bridgehead atoms. The zero-order valence-electron chi connectivity index (χ0n) is 14.0. The number of unbranched alkanes of at least 4 members (excludes halogenated alkanes) is 2. The summed E-state index contributed by atoms with van der Waals surface area (Å²) >= 11 is 0. The van der Waals surface area contributed by atoms with Crippen molar-refractivity contribution in [3.63, 3.8) is 0 Å². The standard InChI is InChI=1S/C19H25NO3/c1-3-4-5-10-22-19-13(2)16-9-8-15(20-12-14-6-7-14)11-17(16)18(21)23-19/h8-9,11,14,20H,3-7,10,12H2,1-2H3. The summed E-state index contributed by atoms with van der Waals surface area (Å²) in [5.74, 6) is 1.15. The van der Waals surface area contributed by atoms with E-state index in [0.29, 0.717) is 17.9 Å². The highest BCUT2D eigenvalue weighted by molar-refractivity contribution is 5.88. The van der Waals surface area contributed by atoms with Gasteiger partial charge in [0.2, 0.25) is 0 Å². The fourth-order valence-corrected chi connectivity index (χ4v) is 2.71. The van der Waals surface area contributed by atoms with Crippen LogP contribution in [0.3, 0.4) is 0 Å². The van der Waals surface area contributed by atoms with E-state index in [4.69, 9.17) is 9.15 Å². The monoisotopic (exact) mass is 315 g/mol. The fraction of sp³-hybridized carbons (Fsp3) is 0.526. The molecular weight excluding hydrogens is 290 g/mol. The molecule has 1 heterocycles. The molecule has 0 unspecified atom stereocenters. The van der Waals surface area contributed by atoms with Gasteiger partial charge in [0.05, 0.1) is 12.0 Å². The highest BCUT2D eigenvalue weighted by atomic mass is 16.6. The number of ether oxygens (including phenoxy) is 1. The smallest absolute Gasteiger partial charge is 0.346 e. The number of nitrogens with one attached hydrogen (secondary N) is 1. The molecule has 0 amide bonds. The van der Waals surface area contributed by atoms with E-state index >= 15 is 0 Å². The number of aryl methyl sites for hydroxylation is 1. The Morgan fingerprint density at radius 1 is 1.26 bits per heavy atom. The maximum absolute atomic E-state index is 12.3. The summed E-state index contributed by atoms with van der Waals surface area (Å²) in [6, 6.07) is 5.89. The first-order valence-corrected chi connectivity index (χ1v) is 8.63. The Balaban J connectivity index is 1.80. The van der Waals surface area contributed by atoms with E-state index < -0.39 is 0 Å². The summed E-state index contributed by atoms with van der Waals surface area (Å²) < 4.78 is 11.1. The summed E-state index contributed by atoms with van der Waals surface area (Å²) in [4.78, 5) is 12.3. The molecule has 1 fully saturated rings. The summed E-state index contributed by atoms with van der Waals surface area (Å²) in [5.41, 5.74) is 1.55. The first-order valence-electron chi connectivity index (χ1n) is 8.63.